The highest BCUT2D eigenvalue weighted by Crippen LogP contribution is 2.70. The van der Waals surface area contributed by atoms with Crippen LogP contribution in [0.25, 0.3) is 10.9 Å². The van der Waals surface area contributed by atoms with Gasteiger partial charge in [0.05, 0.1) is 23.3 Å². The van der Waals surface area contributed by atoms with Crippen molar-refractivity contribution in [3.05, 3.63) is 65.6 Å². The van der Waals surface area contributed by atoms with Crippen LogP contribution in [0.1, 0.15) is 37.8 Å². The van der Waals surface area contributed by atoms with Crippen LogP contribution in [0.3, 0.4) is 0 Å². The molecule has 1 N–H and O–H groups in total. The average molecular weight is 370 g/mol. The normalized spacial score (nSPS) is 19.9. The van der Waals surface area contributed by atoms with Crippen LogP contribution < -0.4 is 5.32 Å². The lowest BCUT2D eigenvalue weighted by Crippen LogP contribution is -1.99. The Morgan fingerprint density at radius 3 is 2.33 bits per heavy atom. The van der Waals surface area contributed by atoms with E-state index in [1.54, 1.807) is 50.4 Å². The fraction of sp³-hybridized carbons (Fsp3) is 0.318. The first-order valence-corrected chi connectivity index (χ1v) is 9.07. The fourth-order valence-corrected chi connectivity index (χ4v) is 3.91. The van der Waals surface area contributed by atoms with Gasteiger partial charge in [-0.3, -0.25) is 4.98 Å². The monoisotopic (exact) mass is 370 g/mol. The number of hydrogen-bond acceptors (Lipinski definition) is 2. The zero-order valence-electron chi connectivity index (χ0n) is 15.5. The second kappa shape index (κ2) is 5.98. The predicted molar refractivity (Wildman–Crippen MR) is 102 cm³/mol. The molecule has 4 rings (SSSR count). The van der Waals surface area contributed by atoms with Crippen LogP contribution in [0.2, 0.25) is 0 Å². The van der Waals surface area contributed by atoms with E-state index in [2.05, 4.69) is 10.3 Å². The van der Waals surface area contributed by atoms with E-state index in [1.807, 2.05) is 6.92 Å². The number of anilines is 2. The molecule has 0 saturated heterocycles. The summed E-state index contributed by atoms with van der Waals surface area (Å²) in [4.78, 5) is 4.39. The Hall–Kier alpha value is -2.56. The molecule has 1 aromatic heterocycles. The minimum atomic E-state index is -2.66. The number of fused-ring (bicyclic) bond motifs is 1. The van der Waals surface area contributed by atoms with E-state index >= 15 is 0 Å². The number of nitrogens with one attached hydrogen (secondary N) is 1. The Bertz CT molecular complexity index is 996. The summed E-state index contributed by atoms with van der Waals surface area (Å²) in [6.07, 6.45) is 2.44. The molecule has 1 unspecified atom stereocenters. The summed E-state index contributed by atoms with van der Waals surface area (Å²) in [6, 6.07) is 11.7. The maximum atomic E-state index is 13.9. The maximum absolute atomic E-state index is 13.9. The van der Waals surface area contributed by atoms with Crippen molar-refractivity contribution in [2.45, 2.75) is 39.0 Å². The molecule has 0 spiro atoms. The van der Waals surface area contributed by atoms with Gasteiger partial charge in [0.25, 0.3) is 5.92 Å². The van der Waals surface area contributed by atoms with E-state index < -0.39 is 17.3 Å². The zero-order valence-corrected chi connectivity index (χ0v) is 15.5. The second-order valence-electron chi connectivity index (χ2n) is 7.69. The SMILES string of the molecule is CCc1c(Nc2ccc(C3C(C)(C)C3(F)F)cc2)cnc2ccc(F)cc12. The third-order valence-electron chi connectivity index (χ3n) is 5.68. The molecule has 1 aliphatic rings. The highest BCUT2D eigenvalue weighted by Gasteiger charge is 2.75. The van der Waals surface area contributed by atoms with Gasteiger partial charge in [-0.05, 0) is 47.9 Å². The van der Waals surface area contributed by atoms with Crippen molar-refractivity contribution in [3.8, 4) is 0 Å². The molecule has 3 aromatic rings. The molecular weight excluding hydrogens is 349 g/mol. The molecular formula is C22H21F3N2. The summed E-state index contributed by atoms with van der Waals surface area (Å²) in [5.74, 6) is -3.70. The topological polar surface area (TPSA) is 24.9 Å². The van der Waals surface area contributed by atoms with Gasteiger partial charge in [-0.15, -0.1) is 0 Å². The third kappa shape index (κ3) is 2.76. The Morgan fingerprint density at radius 2 is 1.74 bits per heavy atom. The largest absolute Gasteiger partial charge is 0.354 e. The lowest BCUT2D eigenvalue weighted by atomic mass is 10.0. The number of benzene rings is 2. The van der Waals surface area contributed by atoms with E-state index in [1.165, 1.54) is 12.1 Å². The van der Waals surface area contributed by atoms with Crippen LogP contribution in [0.15, 0.2) is 48.7 Å². The Kier molecular flexibility index (Phi) is 3.95. The van der Waals surface area contributed by atoms with Gasteiger partial charge < -0.3 is 5.32 Å². The molecule has 0 radical (unpaired) electrons. The highest BCUT2D eigenvalue weighted by atomic mass is 19.3. The minimum absolute atomic E-state index is 0.298. The first-order valence-electron chi connectivity index (χ1n) is 9.07. The van der Waals surface area contributed by atoms with E-state index in [0.717, 1.165) is 27.8 Å². The molecule has 2 nitrogen and oxygen atoms in total. The van der Waals surface area contributed by atoms with Crippen molar-refractivity contribution in [3.63, 3.8) is 0 Å². The molecule has 2 aromatic carbocycles. The summed E-state index contributed by atoms with van der Waals surface area (Å²) in [5.41, 5.74) is 2.94. The van der Waals surface area contributed by atoms with Crippen molar-refractivity contribution >= 4 is 22.3 Å². The van der Waals surface area contributed by atoms with Crippen molar-refractivity contribution in [1.29, 1.82) is 0 Å². The standard InChI is InChI=1S/C22H21F3N2/c1-4-16-17-11-14(23)7-10-18(17)26-12-19(16)27-15-8-5-13(6-9-15)20-21(2,3)22(20,24)25/h5-12,20,27H,4H2,1-3H3. The Balaban J connectivity index is 1.63. The van der Waals surface area contributed by atoms with Crippen molar-refractivity contribution in [2.24, 2.45) is 5.41 Å². The van der Waals surface area contributed by atoms with Crippen LogP contribution in [-0.2, 0) is 6.42 Å². The van der Waals surface area contributed by atoms with E-state index in [4.69, 9.17) is 0 Å². The zero-order chi connectivity index (χ0) is 19.4. The number of aromatic nitrogens is 1. The van der Waals surface area contributed by atoms with Crippen molar-refractivity contribution in [1.82, 2.24) is 4.98 Å². The van der Waals surface area contributed by atoms with Gasteiger partial charge >= 0.3 is 0 Å². The Labute approximate surface area is 156 Å². The molecule has 1 atom stereocenters. The summed E-state index contributed by atoms with van der Waals surface area (Å²) >= 11 is 0. The molecule has 1 fully saturated rings. The predicted octanol–water partition coefficient (Wildman–Crippen LogP) is 6.44. The number of hydrogen-bond donors (Lipinski definition) is 1. The maximum Gasteiger partial charge on any atom is 0.261 e. The van der Waals surface area contributed by atoms with Gasteiger partial charge in [0, 0.05) is 16.5 Å². The van der Waals surface area contributed by atoms with Gasteiger partial charge in [-0.1, -0.05) is 32.9 Å². The highest BCUT2D eigenvalue weighted by molar-refractivity contribution is 5.87. The van der Waals surface area contributed by atoms with Crippen LogP contribution in [0, 0.1) is 11.2 Å². The molecule has 0 amide bonds. The lowest BCUT2D eigenvalue weighted by molar-refractivity contribution is 0.0726. The summed E-state index contributed by atoms with van der Waals surface area (Å²) in [6.45, 7) is 5.19. The summed E-state index contributed by atoms with van der Waals surface area (Å²) < 4.78 is 41.5. The molecule has 0 bridgehead atoms. The van der Waals surface area contributed by atoms with Crippen molar-refractivity contribution in [2.75, 3.05) is 5.32 Å². The average Bonchev–Trinajstić information content (AvgIpc) is 3.04. The molecule has 5 heteroatoms. The quantitative estimate of drug-likeness (QED) is 0.572. The fourth-order valence-electron chi connectivity index (χ4n) is 3.91. The van der Waals surface area contributed by atoms with E-state index in [-0.39, 0.29) is 5.82 Å². The number of nitrogens with zero attached hydrogens (tertiary/aromatic N) is 1. The number of alkyl halides is 2. The summed E-state index contributed by atoms with van der Waals surface area (Å²) in [5, 5.41) is 4.07. The van der Waals surface area contributed by atoms with Gasteiger partial charge in [-0.25, -0.2) is 13.2 Å². The molecule has 1 saturated carbocycles. The lowest BCUT2D eigenvalue weighted by Gasteiger charge is -2.14. The van der Waals surface area contributed by atoms with E-state index in [9.17, 15) is 13.2 Å². The molecule has 0 aliphatic heterocycles. The first-order chi connectivity index (χ1) is 12.8. The number of rotatable bonds is 4. The first kappa shape index (κ1) is 17.8. The number of aryl methyl sites for hydroxylation is 1. The van der Waals surface area contributed by atoms with Gasteiger partial charge in [0.2, 0.25) is 0 Å². The van der Waals surface area contributed by atoms with Gasteiger partial charge in [0.15, 0.2) is 0 Å². The van der Waals surface area contributed by atoms with E-state index in [0.29, 0.717) is 12.0 Å². The summed E-state index contributed by atoms with van der Waals surface area (Å²) in [7, 11) is 0. The minimum Gasteiger partial charge on any atom is -0.354 e. The third-order valence-corrected chi connectivity index (χ3v) is 5.68. The number of pyridine rings is 1. The van der Waals surface area contributed by atoms with Crippen LogP contribution in [0.4, 0.5) is 24.5 Å². The Morgan fingerprint density at radius 1 is 1.07 bits per heavy atom. The van der Waals surface area contributed by atoms with Crippen LogP contribution in [0.5, 0.6) is 0 Å². The van der Waals surface area contributed by atoms with Crippen LogP contribution >= 0.6 is 0 Å². The number of halogens is 3. The van der Waals surface area contributed by atoms with Crippen LogP contribution in [-0.4, -0.2) is 10.9 Å². The second-order valence-corrected chi connectivity index (χ2v) is 7.69. The van der Waals surface area contributed by atoms with Gasteiger partial charge in [-0.2, -0.15) is 0 Å². The molecule has 27 heavy (non-hydrogen) atoms. The molecule has 1 heterocycles. The van der Waals surface area contributed by atoms with Crippen molar-refractivity contribution < 1.29 is 13.2 Å². The molecule has 1 aliphatic carbocycles. The molecule has 140 valence electrons. The smallest absolute Gasteiger partial charge is 0.261 e. The van der Waals surface area contributed by atoms with Gasteiger partial charge in [0.1, 0.15) is 5.82 Å².